The Morgan fingerprint density at radius 3 is 2.51 bits per heavy atom. The molecule has 0 bridgehead atoms. The number of halogens is 3. The van der Waals surface area contributed by atoms with E-state index in [2.05, 4.69) is 16.0 Å². The van der Waals surface area contributed by atoms with E-state index in [0.29, 0.717) is 18.8 Å². The van der Waals surface area contributed by atoms with Crippen LogP contribution in [0.1, 0.15) is 75.8 Å². The van der Waals surface area contributed by atoms with Crippen molar-refractivity contribution < 1.29 is 36.0 Å². The zero-order valence-electron chi connectivity index (χ0n) is 24.1. The zero-order chi connectivity index (χ0) is 31.3. The second-order valence-corrected chi connectivity index (χ2v) is 13.2. The molecule has 3 N–H and O–H groups in total. The summed E-state index contributed by atoms with van der Waals surface area (Å²) in [5.74, 6) is 0.254. The van der Waals surface area contributed by atoms with Crippen molar-refractivity contribution in [3.8, 4) is 0 Å². The lowest BCUT2D eigenvalue weighted by Crippen LogP contribution is -2.50. The molecule has 236 valence electrons. The molecule has 0 unspecified atom stereocenters. The van der Waals surface area contributed by atoms with Crippen molar-refractivity contribution in [3.05, 3.63) is 34.7 Å². The van der Waals surface area contributed by atoms with Crippen LogP contribution >= 0.6 is 0 Å². The third kappa shape index (κ3) is 8.43. The number of aliphatic imine (C=N–C) groups is 1. The van der Waals surface area contributed by atoms with Gasteiger partial charge in [0.05, 0.1) is 12.1 Å². The standard InChI is InChI=1S/C29H38F3N5O5S/c1-20(38)33-14-5-8-24(39)19-34-23-10-9-21(25(18-23)29(30,31)32)11-17-43(41,42)37-15-12-28(13-16-37)27(40)35-26(36-28)22-6-3-2-4-7-22/h9-11,17-18,22,34H,2-8,12-16,19H2,1H3,(H,33,38)(H,35,36,40)/b17-11+. The third-order valence-electron chi connectivity index (χ3n) is 8.17. The summed E-state index contributed by atoms with van der Waals surface area (Å²) < 4.78 is 68.9. The summed E-state index contributed by atoms with van der Waals surface area (Å²) >= 11 is 0. The van der Waals surface area contributed by atoms with Crippen molar-refractivity contribution in [2.24, 2.45) is 10.9 Å². The lowest BCUT2D eigenvalue weighted by atomic mass is 9.88. The van der Waals surface area contributed by atoms with Gasteiger partial charge in [-0.05, 0) is 55.9 Å². The Bertz CT molecular complexity index is 1380. The number of alkyl halides is 3. The molecule has 1 aliphatic carbocycles. The van der Waals surface area contributed by atoms with Crippen molar-refractivity contribution in [1.29, 1.82) is 0 Å². The van der Waals surface area contributed by atoms with Gasteiger partial charge in [-0.1, -0.05) is 25.3 Å². The second kappa shape index (κ2) is 13.6. The summed E-state index contributed by atoms with van der Waals surface area (Å²) in [6.45, 7) is 1.54. The minimum atomic E-state index is -4.77. The van der Waals surface area contributed by atoms with E-state index < -0.39 is 27.3 Å². The van der Waals surface area contributed by atoms with Crippen LogP contribution in [-0.4, -0.2) is 67.9 Å². The molecule has 43 heavy (non-hydrogen) atoms. The summed E-state index contributed by atoms with van der Waals surface area (Å²) in [5.41, 5.74) is -2.32. The Hall–Kier alpha value is -3.26. The number of rotatable bonds is 11. The number of hydrogen-bond donors (Lipinski definition) is 3. The molecular weight excluding hydrogens is 587 g/mol. The largest absolute Gasteiger partial charge is 0.417 e. The van der Waals surface area contributed by atoms with Gasteiger partial charge in [0.15, 0.2) is 5.78 Å². The molecule has 1 spiro atoms. The van der Waals surface area contributed by atoms with Gasteiger partial charge in [0, 0.05) is 50.0 Å². The van der Waals surface area contributed by atoms with Gasteiger partial charge in [-0.15, -0.1) is 0 Å². The van der Waals surface area contributed by atoms with E-state index in [-0.39, 0.29) is 73.7 Å². The third-order valence-corrected chi connectivity index (χ3v) is 9.74. The highest BCUT2D eigenvalue weighted by Gasteiger charge is 2.48. The number of carbonyl (C=O) groups is 3. The lowest BCUT2D eigenvalue weighted by Gasteiger charge is -2.34. The number of Topliss-reactive ketones (excluding diaryl/α,β-unsaturated/α-hetero) is 1. The number of carbonyl (C=O) groups excluding carboxylic acids is 3. The van der Waals surface area contributed by atoms with E-state index in [1.165, 1.54) is 19.4 Å². The van der Waals surface area contributed by atoms with Crippen molar-refractivity contribution in [2.45, 2.75) is 76.4 Å². The molecule has 14 heteroatoms. The normalized spacial score (nSPS) is 19.8. The maximum absolute atomic E-state index is 13.9. The van der Waals surface area contributed by atoms with Gasteiger partial charge >= 0.3 is 6.18 Å². The Morgan fingerprint density at radius 1 is 1.16 bits per heavy atom. The van der Waals surface area contributed by atoms with Gasteiger partial charge in [-0.2, -0.15) is 17.5 Å². The molecule has 1 saturated carbocycles. The van der Waals surface area contributed by atoms with Gasteiger partial charge in [-0.25, -0.2) is 8.42 Å². The summed E-state index contributed by atoms with van der Waals surface area (Å²) in [4.78, 5) is 40.5. The summed E-state index contributed by atoms with van der Waals surface area (Å²) in [7, 11) is -4.07. The number of anilines is 1. The number of ketones is 1. The minimum Gasteiger partial charge on any atom is -0.378 e. The smallest absolute Gasteiger partial charge is 0.378 e. The summed E-state index contributed by atoms with van der Waals surface area (Å²) in [6.07, 6.45) is 2.37. The van der Waals surface area contributed by atoms with E-state index >= 15 is 0 Å². The number of nitrogens with zero attached hydrogens (tertiary/aromatic N) is 2. The molecular formula is C29H38F3N5O5S. The topological polar surface area (TPSA) is 137 Å². The maximum Gasteiger partial charge on any atom is 0.417 e. The van der Waals surface area contributed by atoms with E-state index in [0.717, 1.165) is 53.6 Å². The molecule has 0 aromatic heterocycles. The molecule has 10 nitrogen and oxygen atoms in total. The van der Waals surface area contributed by atoms with Gasteiger partial charge in [-0.3, -0.25) is 19.4 Å². The molecule has 2 fully saturated rings. The highest BCUT2D eigenvalue weighted by atomic mass is 32.2. The van der Waals surface area contributed by atoms with Crippen LogP contribution in [0.2, 0.25) is 0 Å². The molecule has 0 radical (unpaired) electrons. The number of nitrogens with one attached hydrogen (secondary N) is 3. The van der Waals surface area contributed by atoms with Crippen molar-refractivity contribution in [3.63, 3.8) is 0 Å². The quantitative estimate of drug-likeness (QED) is 0.320. The van der Waals surface area contributed by atoms with Crippen LogP contribution in [0.4, 0.5) is 18.9 Å². The summed E-state index contributed by atoms with van der Waals surface area (Å²) in [6, 6.07) is 3.33. The molecule has 4 rings (SSSR count). The summed E-state index contributed by atoms with van der Waals surface area (Å²) in [5, 5.41) is 8.92. The zero-order valence-corrected chi connectivity index (χ0v) is 25.0. The van der Waals surface area contributed by atoms with Crippen LogP contribution in [-0.2, 0) is 30.6 Å². The predicted molar refractivity (Wildman–Crippen MR) is 157 cm³/mol. The number of piperidine rings is 1. The SMILES string of the molecule is CC(=O)NCCCC(=O)CNc1ccc(/C=C/S(=O)(=O)N2CCC3(CC2)N=C(C2CCCCC2)NC3=O)c(C(F)(F)F)c1. The van der Waals surface area contributed by atoms with Crippen molar-refractivity contribution >= 4 is 45.2 Å². The van der Waals surface area contributed by atoms with E-state index in [4.69, 9.17) is 4.99 Å². The van der Waals surface area contributed by atoms with Crippen LogP contribution in [0.15, 0.2) is 28.6 Å². The van der Waals surface area contributed by atoms with Gasteiger partial charge in [0.25, 0.3) is 5.91 Å². The lowest BCUT2D eigenvalue weighted by molar-refractivity contribution is -0.137. The fourth-order valence-corrected chi connectivity index (χ4v) is 6.88. The Balaban J connectivity index is 1.38. The Labute approximate surface area is 249 Å². The van der Waals surface area contributed by atoms with E-state index in [1.54, 1.807) is 0 Å². The fourth-order valence-electron chi connectivity index (χ4n) is 5.70. The number of amidine groups is 1. The number of amides is 2. The molecule has 2 aliphatic heterocycles. The van der Waals surface area contributed by atoms with Crippen LogP contribution in [0.25, 0.3) is 6.08 Å². The van der Waals surface area contributed by atoms with Crippen LogP contribution < -0.4 is 16.0 Å². The van der Waals surface area contributed by atoms with Gasteiger partial charge < -0.3 is 16.0 Å². The first-order valence-electron chi connectivity index (χ1n) is 14.6. The second-order valence-electron chi connectivity index (χ2n) is 11.3. The van der Waals surface area contributed by atoms with Crippen LogP contribution in [0.3, 0.4) is 0 Å². The van der Waals surface area contributed by atoms with Gasteiger partial charge in [0.2, 0.25) is 15.9 Å². The first-order chi connectivity index (χ1) is 20.3. The molecule has 1 aromatic rings. The number of hydrogen-bond acceptors (Lipinski definition) is 7. The highest BCUT2D eigenvalue weighted by molar-refractivity contribution is 7.92. The highest BCUT2D eigenvalue weighted by Crippen LogP contribution is 2.36. The molecule has 1 aromatic carbocycles. The van der Waals surface area contributed by atoms with E-state index in [1.807, 2.05) is 0 Å². The number of sulfonamides is 1. The van der Waals surface area contributed by atoms with Gasteiger partial charge in [0.1, 0.15) is 11.4 Å². The predicted octanol–water partition coefficient (Wildman–Crippen LogP) is 3.85. The monoisotopic (exact) mass is 625 g/mol. The molecule has 0 atom stereocenters. The van der Waals surface area contributed by atoms with E-state index in [9.17, 15) is 36.0 Å². The first kappa shape index (κ1) is 32.6. The van der Waals surface area contributed by atoms with Crippen molar-refractivity contribution in [2.75, 3.05) is 31.5 Å². The first-order valence-corrected chi connectivity index (χ1v) is 16.1. The maximum atomic E-state index is 13.9. The average Bonchev–Trinajstić information content (AvgIpc) is 3.28. The van der Waals surface area contributed by atoms with Crippen LogP contribution in [0, 0.1) is 5.92 Å². The molecule has 3 aliphatic rings. The molecule has 1 saturated heterocycles. The van der Waals surface area contributed by atoms with Crippen LogP contribution in [0.5, 0.6) is 0 Å². The molecule has 2 amide bonds. The fraction of sp³-hybridized carbons (Fsp3) is 0.586. The number of benzene rings is 1. The Morgan fingerprint density at radius 2 is 1.86 bits per heavy atom. The average molecular weight is 626 g/mol. The molecule has 2 heterocycles. The minimum absolute atomic E-state index is 0.0232. The Kier molecular flexibility index (Phi) is 10.3. The van der Waals surface area contributed by atoms with Crippen molar-refractivity contribution in [1.82, 2.24) is 14.9 Å².